The summed E-state index contributed by atoms with van der Waals surface area (Å²) in [6.45, 7) is 0. The Morgan fingerprint density at radius 1 is 0.867 bits per heavy atom. The molecule has 8 nitrogen and oxygen atoms in total. The molecule has 0 fully saturated rings. The molecule has 0 amide bonds. The number of H-pyrrole nitrogens is 1. The van der Waals surface area contributed by atoms with Crippen LogP contribution < -0.4 is 17.1 Å². The van der Waals surface area contributed by atoms with Gasteiger partial charge in [0.15, 0.2) is 0 Å². The van der Waals surface area contributed by atoms with E-state index in [1.807, 2.05) is 0 Å². The molecule has 15 heavy (non-hydrogen) atoms. The van der Waals surface area contributed by atoms with E-state index in [9.17, 15) is 14.4 Å². The zero-order valence-corrected chi connectivity index (χ0v) is 13.4. The van der Waals surface area contributed by atoms with Crippen molar-refractivity contribution in [1.29, 1.82) is 0 Å². The number of aromatic amines is 1. The van der Waals surface area contributed by atoms with E-state index in [0.29, 0.717) is 0 Å². The third kappa shape index (κ3) is 5.68. The van der Waals surface area contributed by atoms with Gasteiger partial charge in [0.1, 0.15) is 0 Å². The molecule has 12 heteroatoms. The molecule has 1 rings (SSSR count). The maximum atomic E-state index is 10.7. The second-order valence-electron chi connectivity index (χ2n) is 1.58. The molecule has 0 saturated carbocycles. The zero-order chi connectivity index (χ0) is 8.59. The molecule has 0 unspecified atom stereocenters. The fourth-order valence-electron chi connectivity index (χ4n) is 0.440. The average Bonchev–Trinajstić information content (AvgIpc) is 1.97. The summed E-state index contributed by atoms with van der Waals surface area (Å²) in [4.78, 5) is 33.4. The molecule has 0 aliphatic carbocycles. The molecule has 78 valence electrons. The van der Waals surface area contributed by atoms with Crippen LogP contribution in [0.15, 0.2) is 14.4 Å². The summed E-state index contributed by atoms with van der Waals surface area (Å²) in [5, 5.41) is 0. The number of halogens is 2. The summed E-state index contributed by atoms with van der Waals surface area (Å²) < 4.78 is 0.322. The van der Waals surface area contributed by atoms with Gasteiger partial charge in [-0.3, -0.25) is 4.98 Å². The van der Waals surface area contributed by atoms with Crippen LogP contribution in [0.25, 0.3) is 0 Å². The number of rotatable bonds is 0. The SMILES string of the molecule is O.O.O=c1[nH]c(=O)n(Cl)c(=O)n1Cl.[Na].[Na]. The number of aromatic nitrogens is 3. The molecule has 1 aromatic heterocycles. The fraction of sp³-hybridized carbons (Fsp3) is 0. The quantitative estimate of drug-likeness (QED) is 0.489. The third-order valence-corrected chi connectivity index (χ3v) is 1.50. The van der Waals surface area contributed by atoms with Crippen molar-refractivity contribution in [2.45, 2.75) is 0 Å². The van der Waals surface area contributed by atoms with E-state index >= 15 is 0 Å². The van der Waals surface area contributed by atoms with Crippen molar-refractivity contribution in [1.82, 2.24) is 13.2 Å². The van der Waals surface area contributed by atoms with Crippen LogP contribution in [0.5, 0.6) is 0 Å². The van der Waals surface area contributed by atoms with Gasteiger partial charge in [-0.05, 0) is 0 Å². The average molecular weight is 280 g/mol. The van der Waals surface area contributed by atoms with E-state index in [0.717, 1.165) is 0 Å². The number of nitrogens with one attached hydrogen (secondary N) is 1. The van der Waals surface area contributed by atoms with Crippen LogP contribution in [-0.2, 0) is 0 Å². The Morgan fingerprint density at radius 2 is 1.13 bits per heavy atom. The van der Waals surface area contributed by atoms with Gasteiger partial charge in [-0.15, -0.1) is 8.17 Å². The van der Waals surface area contributed by atoms with E-state index in [-0.39, 0.29) is 78.2 Å². The first kappa shape index (κ1) is 24.9. The minimum Gasteiger partial charge on any atom is -0.412 e. The predicted molar refractivity (Wildman–Crippen MR) is 56.8 cm³/mol. The Kier molecular flexibility index (Phi) is 16.8. The minimum atomic E-state index is -1.10. The number of hydrogen-bond donors (Lipinski definition) is 1. The normalized spacial score (nSPS) is 7.33. The van der Waals surface area contributed by atoms with E-state index in [1.165, 1.54) is 0 Å². The summed E-state index contributed by atoms with van der Waals surface area (Å²) >= 11 is 10.1. The van der Waals surface area contributed by atoms with Gasteiger partial charge in [-0.1, -0.05) is 0 Å². The van der Waals surface area contributed by atoms with Crippen LogP contribution in [0.3, 0.4) is 0 Å². The molecular formula is C3H5Cl2N3Na2O5. The summed E-state index contributed by atoms with van der Waals surface area (Å²) in [7, 11) is 0. The Bertz CT molecular complexity index is 415. The first-order valence-corrected chi connectivity index (χ1v) is 3.02. The van der Waals surface area contributed by atoms with Gasteiger partial charge in [-0.25, -0.2) is 14.4 Å². The second-order valence-corrected chi connectivity index (χ2v) is 2.26. The summed E-state index contributed by atoms with van der Waals surface area (Å²) in [5.41, 5.74) is -3.13. The van der Waals surface area contributed by atoms with Crippen molar-refractivity contribution >= 4 is 82.7 Å². The maximum Gasteiger partial charge on any atom is 0.366 e. The van der Waals surface area contributed by atoms with Crippen LogP contribution >= 0.6 is 23.6 Å². The number of hydrogen-bond acceptors (Lipinski definition) is 3. The van der Waals surface area contributed by atoms with Crippen LogP contribution in [0, 0.1) is 0 Å². The minimum absolute atomic E-state index is 0. The molecule has 0 spiro atoms. The van der Waals surface area contributed by atoms with E-state index in [1.54, 1.807) is 4.98 Å². The van der Waals surface area contributed by atoms with Gasteiger partial charge in [0.2, 0.25) is 0 Å². The molecule has 0 saturated heterocycles. The second kappa shape index (κ2) is 10.1. The number of nitrogens with zero attached hydrogens (tertiary/aromatic N) is 2. The van der Waals surface area contributed by atoms with E-state index in [2.05, 4.69) is 0 Å². The first-order valence-electron chi connectivity index (χ1n) is 2.34. The van der Waals surface area contributed by atoms with Gasteiger partial charge in [0.25, 0.3) is 0 Å². The van der Waals surface area contributed by atoms with Crippen LogP contribution in [0.2, 0.25) is 0 Å². The largest absolute Gasteiger partial charge is 0.412 e. The Morgan fingerprint density at radius 3 is 1.40 bits per heavy atom. The van der Waals surface area contributed by atoms with Gasteiger partial charge in [0.05, 0.1) is 0 Å². The monoisotopic (exact) mass is 279 g/mol. The van der Waals surface area contributed by atoms with Crippen molar-refractivity contribution in [3.63, 3.8) is 0 Å². The van der Waals surface area contributed by atoms with Crippen molar-refractivity contribution in [2.75, 3.05) is 0 Å². The molecule has 1 heterocycles. The van der Waals surface area contributed by atoms with Crippen molar-refractivity contribution in [3.8, 4) is 0 Å². The van der Waals surface area contributed by atoms with E-state index < -0.39 is 17.1 Å². The molecule has 0 aromatic carbocycles. The third-order valence-electron chi connectivity index (χ3n) is 0.906. The Hall–Kier alpha value is 0.910. The Labute approximate surface area is 137 Å². The molecule has 0 atom stereocenters. The summed E-state index contributed by atoms with van der Waals surface area (Å²) in [5.74, 6) is 0. The fourth-order valence-corrected chi connectivity index (χ4v) is 0.715. The molecule has 0 aliphatic heterocycles. The molecule has 0 aliphatic rings. The molecule has 2 radical (unpaired) electrons. The molecule has 1 aromatic rings. The smallest absolute Gasteiger partial charge is 0.366 e. The van der Waals surface area contributed by atoms with Crippen LogP contribution in [0.1, 0.15) is 0 Å². The first-order chi connectivity index (χ1) is 5.04. The molecule has 0 bridgehead atoms. The Balaban J connectivity index is -0.000000151. The topological polar surface area (TPSA) is 140 Å². The van der Waals surface area contributed by atoms with Crippen molar-refractivity contribution in [3.05, 3.63) is 31.5 Å². The molecule has 5 N–H and O–H groups in total. The van der Waals surface area contributed by atoms with Gasteiger partial charge >= 0.3 is 17.1 Å². The predicted octanol–water partition coefficient (Wildman–Crippen LogP) is -3.71. The standard InChI is InChI=1S/C3HCl2N3O3.2Na.2H2O/c4-7-1(9)6-2(10)8(5)3(7)11;;;;/h(H,6,9,10);;;2*1H2. The summed E-state index contributed by atoms with van der Waals surface area (Å²) in [6.07, 6.45) is 0. The maximum absolute atomic E-state index is 10.7. The zero-order valence-electron chi connectivity index (χ0n) is 7.88. The van der Waals surface area contributed by atoms with Crippen LogP contribution in [-0.4, -0.2) is 83.2 Å². The molecular weight excluding hydrogens is 275 g/mol. The van der Waals surface area contributed by atoms with Gasteiger partial charge in [0, 0.05) is 82.7 Å². The summed E-state index contributed by atoms with van der Waals surface area (Å²) in [6, 6.07) is 0. The van der Waals surface area contributed by atoms with Crippen molar-refractivity contribution < 1.29 is 11.0 Å². The van der Waals surface area contributed by atoms with Gasteiger partial charge < -0.3 is 11.0 Å². The van der Waals surface area contributed by atoms with Gasteiger partial charge in [-0.2, -0.15) is 0 Å². The van der Waals surface area contributed by atoms with E-state index in [4.69, 9.17) is 23.6 Å². The van der Waals surface area contributed by atoms with Crippen LogP contribution in [0.4, 0.5) is 0 Å². The van der Waals surface area contributed by atoms with Crippen molar-refractivity contribution in [2.24, 2.45) is 0 Å².